The first-order valence-electron chi connectivity index (χ1n) is 3.30. The molecule has 2 unspecified atom stereocenters. The Balaban J connectivity index is 2.33. The largest absolute Gasteiger partial charge is 0.481 e. The molecule has 0 aliphatic carbocycles. The zero-order valence-corrected chi connectivity index (χ0v) is 5.51. The highest BCUT2D eigenvalue weighted by Gasteiger charge is 2.24. The van der Waals surface area contributed by atoms with Gasteiger partial charge in [0.2, 0.25) is 0 Å². The number of halogens is 1. The predicted octanol–water partition coefficient (Wildman–Crippen LogP) is 0.366. The molecule has 1 aliphatic rings. The Bertz CT molecular complexity index is 132. The molecule has 0 aromatic heterocycles. The van der Waals surface area contributed by atoms with Crippen molar-refractivity contribution in [1.29, 1.82) is 0 Å². The smallest absolute Gasteiger partial charge is 0.307 e. The first-order chi connectivity index (χ1) is 4.70. The summed E-state index contributed by atoms with van der Waals surface area (Å²) in [5, 5.41) is 10.9. The highest BCUT2D eigenvalue weighted by atomic mass is 19.1. The molecule has 0 saturated carbocycles. The second-order valence-corrected chi connectivity index (χ2v) is 2.49. The van der Waals surface area contributed by atoms with Crippen molar-refractivity contribution in [2.75, 3.05) is 6.54 Å². The molecule has 1 rings (SSSR count). The van der Waals surface area contributed by atoms with Gasteiger partial charge in [0.1, 0.15) is 0 Å². The minimum atomic E-state index is -1.00. The van der Waals surface area contributed by atoms with Crippen LogP contribution < -0.4 is 5.32 Å². The molecule has 0 bridgehead atoms. The quantitative estimate of drug-likeness (QED) is 0.527. The molecule has 10 heavy (non-hydrogen) atoms. The standard InChI is InChI=1S/C6H10FNO2/c7-5-2-1-4(3-8-5)6(9)10/h4-5,8H,1-3H2,(H,9,10). The van der Waals surface area contributed by atoms with E-state index in [4.69, 9.17) is 5.11 Å². The van der Waals surface area contributed by atoms with Crippen molar-refractivity contribution in [3.05, 3.63) is 0 Å². The number of alkyl halides is 1. The van der Waals surface area contributed by atoms with Gasteiger partial charge in [-0.25, -0.2) is 4.39 Å². The summed E-state index contributed by atoms with van der Waals surface area (Å²) in [7, 11) is 0. The Morgan fingerprint density at radius 1 is 1.60 bits per heavy atom. The minimum Gasteiger partial charge on any atom is -0.481 e. The van der Waals surface area contributed by atoms with Crippen LogP contribution >= 0.6 is 0 Å². The molecule has 58 valence electrons. The predicted molar refractivity (Wildman–Crippen MR) is 33.3 cm³/mol. The number of carbonyl (C=O) groups is 1. The molecule has 1 aliphatic heterocycles. The molecule has 1 saturated heterocycles. The molecule has 4 heteroatoms. The van der Waals surface area contributed by atoms with E-state index in [0.29, 0.717) is 12.8 Å². The molecular weight excluding hydrogens is 137 g/mol. The van der Waals surface area contributed by atoms with Crippen LogP contribution in [0.2, 0.25) is 0 Å². The van der Waals surface area contributed by atoms with Crippen molar-refractivity contribution < 1.29 is 14.3 Å². The molecular formula is C6H10FNO2. The van der Waals surface area contributed by atoms with Crippen LogP contribution in [0.4, 0.5) is 4.39 Å². The minimum absolute atomic E-state index is 0.260. The number of carboxylic acids is 1. The van der Waals surface area contributed by atoms with Crippen molar-refractivity contribution in [2.45, 2.75) is 19.1 Å². The lowest BCUT2D eigenvalue weighted by Crippen LogP contribution is -2.39. The van der Waals surface area contributed by atoms with E-state index in [1.54, 1.807) is 0 Å². The van der Waals surface area contributed by atoms with Gasteiger partial charge in [-0.3, -0.25) is 10.1 Å². The maximum Gasteiger partial charge on any atom is 0.307 e. The first kappa shape index (κ1) is 7.47. The van der Waals surface area contributed by atoms with Crippen LogP contribution in [-0.4, -0.2) is 23.9 Å². The highest BCUT2D eigenvalue weighted by molar-refractivity contribution is 5.70. The van der Waals surface area contributed by atoms with E-state index in [2.05, 4.69) is 5.32 Å². The number of piperidine rings is 1. The SMILES string of the molecule is O=C(O)C1CCC(F)NC1. The van der Waals surface area contributed by atoms with Crippen molar-refractivity contribution in [1.82, 2.24) is 5.32 Å². The number of nitrogens with one attached hydrogen (secondary N) is 1. The Morgan fingerprint density at radius 2 is 2.30 bits per heavy atom. The van der Waals surface area contributed by atoms with Crippen LogP contribution in [0.5, 0.6) is 0 Å². The fraction of sp³-hybridized carbons (Fsp3) is 0.833. The third-order valence-electron chi connectivity index (χ3n) is 1.70. The number of carboxylic acid groups (broad SMARTS) is 1. The summed E-state index contributed by atoms with van der Waals surface area (Å²) in [6, 6.07) is 0. The van der Waals surface area contributed by atoms with Gasteiger partial charge in [-0.15, -0.1) is 0 Å². The summed E-state index contributed by atoms with van der Waals surface area (Å²) in [6.45, 7) is 0.260. The maximum absolute atomic E-state index is 12.3. The zero-order chi connectivity index (χ0) is 7.56. The van der Waals surface area contributed by atoms with Crippen molar-refractivity contribution >= 4 is 5.97 Å². The lowest BCUT2D eigenvalue weighted by Gasteiger charge is -2.21. The van der Waals surface area contributed by atoms with Crippen LogP contribution in [0.3, 0.4) is 0 Å². The normalized spacial score (nSPS) is 33.7. The van der Waals surface area contributed by atoms with E-state index in [0.717, 1.165) is 0 Å². The first-order valence-corrected chi connectivity index (χ1v) is 3.30. The van der Waals surface area contributed by atoms with Gasteiger partial charge >= 0.3 is 5.97 Å². The van der Waals surface area contributed by atoms with Gasteiger partial charge in [0.25, 0.3) is 0 Å². The zero-order valence-electron chi connectivity index (χ0n) is 5.51. The molecule has 3 nitrogen and oxygen atoms in total. The third-order valence-corrected chi connectivity index (χ3v) is 1.70. The number of hydrogen-bond donors (Lipinski definition) is 2. The average molecular weight is 147 g/mol. The molecule has 1 heterocycles. The van der Waals surface area contributed by atoms with Crippen LogP contribution in [0.15, 0.2) is 0 Å². The van der Waals surface area contributed by atoms with E-state index in [9.17, 15) is 9.18 Å². The molecule has 0 aromatic carbocycles. The van der Waals surface area contributed by atoms with Crippen LogP contribution in [0, 0.1) is 5.92 Å². The summed E-state index contributed by atoms with van der Waals surface area (Å²) < 4.78 is 12.3. The molecule has 0 spiro atoms. The summed E-state index contributed by atoms with van der Waals surface area (Å²) >= 11 is 0. The molecule has 2 N–H and O–H groups in total. The van der Waals surface area contributed by atoms with Crippen molar-refractivity contribution in [3.63, 3.8) is 0 Å². The fourth-order valence-corrected chi connectivity index (χ4v) is 1.03. The summed E-state index contributed by atoms with van der Waals surface area (Å²) in [6.07, 6.45) is -0.240. The molecule has 0 radical (unpaired) electrons. The molecule has 2 atom stereocenters. The second-order valence-electron chi connectivity index (χ2n) is 2.49. The molecule has 0 amide bonds. The van der Waals surface area contributed by atoms with Crippen molar-refractivity contribution in [2.24, 2.45) is 5.92 Å². The van der Waals surface area contributed by atoms with Gasteiger partial charge in [-0.2, -0.15) is 0 Å². The van der Waals surface area contributed by atoms with Gasteiger partial charge in [-0.1, -0.05) is 0 Å². The second kappa shape index (κ2) is 2.96. The third kappa shape index (κ3) is 1.67. The topological polar surface area (TPSA) is 49.3 Å². The van der Waals surface area contributed by atoms with Crippen LogP contribution in [-0.2, 0) is 4.79 Å². The van der Waals surface area contributed by atoms with Gasteiger partial charge in [0, 0.05) is 6.54 Å². The molecule has 0 aromatic rings. The number of hydrogen-bond acceptors (Lipinski definition) is 2. The number of aliphatic carboxylic acids is 1. The van der Waals surface area contributed by atoms with Crippen LogP contribution in [0.1, 0.15) is 12.8 Å². The van der Waals surface area contributed by atoms with Crippen LogP contribution in [0.25, 0.3) is 0 Å². The summed E-state index contributed by atoms with van der Waals surface area (Å²) in [4.78, 5) is 10.3. The van der Waals surface area contributed by atoms with E-state index in [1.165, 1.54) is 0 Å². The van der Waals surface area contributed by atoms with Gasteiger partial charge in [0.15, 0.2) is 6.30 Å². The average Bonchev–Trinajstić information content (AvgIpc) is 1.88. The van der Waals surface area contributed by atoms with E-state index < -0.39 is 18.2 Å². The summed E-state index contributed by atoms with van der Waals surface area (Å²) in [5.41, 5.74) is 0. The Kier molecular flexibility index (Phi) is 2.21. The maximum atomic E-state index is 12.3. The van der Waals surface area contributed by atoms with Gasteiger partial charge in [0.05, 0.1) is 5.92 Å². The summed E-state index contributed by atoms with van der Waals surface area (Å²) in [5.74, 6) is -1.23. The highest BCUT2D eigenvalue weighted by Crippen LogP contribution is 2.14. The Hall–Kier alpha value is -0.640. The lowest BCUT2D eigenvalue weighted by molar-refractivity contribution is -0.142. The van der Waals surface area contributed by atoms with Gasteiger partial charge < -0.3 is 5.11 Å². The lowest BCUT2D eigenvalue weighted by atomic mass is 10.00. The monoisotopic (exact) mass is 147 g/mol. The molecule has 1 fully saturated rings. The Labute approximate surface area is 58.2 Å². The van der Waals surface area contributed by atoms with E-state index in [-0.39, 0.29) is 6.54 Å². The Morgan fingerprint density at radius 3 is 2.70 bits per heavy atom. The fourth-order valence-electron chi connectivity index (χ4n) is 1.03. The van der Waals surface area contributed by atoms with E-state index >= 15 is 0 Å². The number of rotatable bonds is 1. The van der Waals surface area contributed by atoms with Crippen molar-refractivity contribution in [3.8, 4) is 0 Å². The van der Waals surface area contributed by atoms with E-state index in [1.807, 2.05) is 0 Å². The van der Waals surface area contributed by atoms with Gasteiger partial charge in [-0.05, 0) is 12.8 Å².